The average molecular weight is 976 g/mol. The van der Waals surface area contributed by atoms with Crippen LogP contribution < -0.4 is 31.4 Å². The van der Waals surface area contributed by atoms with Gasteiger partial charge in [0.1, 0.15) is 52.7 Å². The highest BCUT2D eigenvalue weighted by Gasteiger charge is 2.52. The second kappa shape index (κ2) is 16.9. The number of hydrogen-bond donors (Lipinski definition) is 0. The van der Waals surface area contributed by atoms with Crippen LogP contribution in [0.4, 0.5) is 87.8 Å². The van der Waals surface area contributed by atoms with Crippen molar-refractivity contribution in [1.29, 1.82) is 0 Å². The molecule has 1 heterocycles. The molecule has 3 nitrogen and oxygen atoms in total. The van der Waals surface area contributed by atoms with Gasteiger partial charge >= 0.3 is 0 Å². The van der Waals surface area contributed by atoms with Crippen molar-refractivity contribution < 1.29 is 97.4 Å². The van der Waals surface area contributed by atoms with Crippen LogP contribution in [0.15, 0.2) is 79.4 Å². The molecule has 348 valence electrons. The fourth-order valence-corrected chi connectivity index (χ4v) is 8.14. The lowest BCUT2D eigenvalue weighted by molar-refractivity contribution is -0.875. The molecular formula is C44H13BF20N2O. The number of hydrogen-bond acceptors (Lipinski definition) is 2. The Morgan fingerprint density at radius 2 is 0.603 bits per heavy atom. The number of benzene rings is 8. The molecule has 0 radical (unpaired) electrons. The highest BCUT2D eigenvalue weighted by atomic mass is 19.2. The van der Waals surface area contributed by atoms with Crippen molar-refractivity contribution in [3.63, 3.8) is 0 Å². The van der Waals surface area contributed by atoms with Crippen molar-refractivity contribution in [2.45, 2.75) is 0 Å². The van der Waals surface area contributed by atoms with Crippen molar-refractivity contribution in [1.82, 2.24) is 4.98 Å². The molecule has 0 saturated heterocycles. The van der Waals surface area contributed by atoms with Gasteiger partial charge in [-0.2, -0.15) is 0 Å². The predicted octanol–water partition coefficient (Wildman–Crippen LogP) is 9.95. The maximum Gasteiger partial charge on any atom is 0.241 e. The molecule has 0 atom stereocenters. The molecule has 9 rings (SSSR count). The maximum absolute atomic E-state index is 15.4. The standard InChI is InChI=1S/C24BF20.C20H13N2O/c26-5-1(6(27)14(35)21(42)13(5)34)25(2-7(28)15(36)22(43)16(37)8(2)29,3-9(30)17(38)23(44)18(39)10(3)31)4-11(32)19(40)24(45)20(41)12(4)33;1-2-14-4-5-16-7-9-18(23-22-12-10-21-11-13-22)17-8-6-15(3-1)19(14)20(16)17/h;1-13H/q-1;+1. The van der Waals surface area contributed by atoms with E-state index in [1.165, 1.54) is 26.9 Å². The van der Waals surface area contributed by atoms with Crippen LogP contribution in [0.3, 0.4) is 0 Å². The van der Waals surface area contributed by atoms with E-state index in [1.807, 2.05) is 6.07 Å². The molecule has 0 fully saturated rings. The Labute approximate surface area is 363 Å². The molecule has 1 aromatic heterocycles. The van der Waals surface area contributed by atoms with E-state index in [4.69, 9.17) is 4.84 Å². The summed E-state index contributed by atoms with van der Waals surface area (Å²) < 4.78 is 296. The third-order valence-corrected chi connectivity index (χ3v) is 11.0. The van der Waals surface area contributed by atoms with Gasteiger partial charge in [0.25, 0.3) is 0 Å². The highest BCUT2D eigenvalue weighted by molar-refractivity contribution is 7.20. The molecule has 24 heteroatoms. The molecule has 0 amide bonds. The molecule has 0 N–H and O–H groups in total. The monoisotopic (exact) mass is 976 g/mol. The summed E-state index contributed by atoms with van der Waals surface area (Å²) in [6.07, 6.45) is -0.229. The lowest BCUT2D eigenvalue weighted by Crippen LogP contribution is -2.81. The number of halogens is 20. The summed E-state index contributed by atoms with van der Waals surface area (Å²) in [5.41, 5.74) is -14.3. The number of aromatic nitrogens is 2. The smallest absolute Gasteiger partial charge is 0.241 e. The van der Waals surface area contributed by atoms with Crippen molar-refractivity contribution in [2.24, 2.45) is 0 Å². The Morgan fingerprint density at radius 1 is 0.324 bits per heavy atom. The normalized spacial score (nSPS) is 11.8. The molecule has 9 aromatic rings. The molecule has 0 bridgehead atoms. The summed E-state index contributed by atoms with van der Waals surface area (Å²) in [6, 6.07) is 19.2. The Balaban J connectivity index is 0.000000224. The average Bonchev–Trinajstić information content (AvgIpc) is 3.34. The molecular weight excluding hydrogens is 963 g/mol. The Kier molecular flexibility index (Phi) is 11.6. The Hall–Kier alpha value is -7.66. The second-order valence-corrected chi connectivity index (χ2v) is 14.4. The summed E-state index contributed by atoms with van der Waals surface area (Å²) in [5.74, 6) is -70.6. The molecule has 0 spiro atoms. The summed E-state index contributed by atoms with van der Waals surface area (Å²) in [5, 5.41) is 7.43. The van der Waals surface area contributed by atoms with Crippen molar-refractivity contribution in [3.05, 3.63) is 196 Å². The van der Waals surface area contributed by atoms with Crippen LogP contribution in [0, 0.1) is 116 Å². The lowest BCUT2D eigenvalue weighted by atomic mass is 9.12. The van der Waals surface area contributed by atoms with Gasteiger partial charge in [-0.3, -0.25) is 4.98 Å². The Bertz CT molecular complexity index is 3160. The summed E-state index contributed by atoms with van der Waals surface area (Å²) in [7, 11) is 0. The minimum Gasteiger partial charge on any atom is -0.252 e. The summed E-state index contributed by atoms with van der Waals surface area (Å²) in [4.78, 5) is 10.0. The van der Waals surface area contributed by atoms with Gasteiger partial charge in [-0.1, -0.05) is 42.5 Å². The first-order chi connectivity index (χ1) is 32.1. The lowest BCUT2D eigenvalue weighted by Gasteiger charge is -2.44. The molecule has 68 heavy (non-hydrogen) atoms. The van der Waals surface area contributed by atoms with Crippen LogP contribution in [-0.4, -0.2) is 11.1 Å². The largest absolute Gasteiger partial charge is 0.252 e. The Morgan fingerprint density at radius 3 is 0.941 bits per heavy atom. The molecule has 8 aromatic carbocycles. The maximum atomic E-state index is 15.4. The van der Waals surface area contributed by atoms with E-state index in [0.717, 1.165) is 11.1 Å². The van der Waals surface area contributed by atoms with Crippen LogP contribution in [-0.2, 0) is 0 Å². The fraction of sp³-hybridized carbons (Fsp3) is 0. The third kappa shape index (κ3) is 6.69. The number of nitrogens with zero attached hydrogens (tertiary/aromatic N) is 2. The topological polar surface area (TPSA) is 26.0 Å². The molecule has 0 unspecified atom stereocenters. The minimum atomic E-state index is -7.22. The van der Waals surface area contributed by atoms with Crippen LogP contribution in [0.2, 0.25) is 0 Å². The van der Waals surface area contributed by atoms with Crippen LogP contribution in [0.25, 0.3) is 32.3 Å². The van der Waals surface area contributed by atoms with Crippen molar-refractivity contribution in [3.8, 4) is 5.75 Å². The quantitative estimate of drug-likeness (QED) is 0.0415. The van der Waals surface area contributed by atoms with Crippen LogP contribution in [0.5, 0.6) is 5.75 Å². The molecule has 0 saturated carbocycles. The first-order valence-corrected chi connectivity index (χ1v) is 18.5. The van der Waals surface area contributed by atoms with Crippen LogP contribution in [0.1, 0.15) is 0 Å². The van der Waals surface area contributed by atoms with E-state index in [9.17, 15) is 52.7 Å². The summed E-state index contributed by atoms with van der Waals surface area (Å²) in [6.45, 7) is 0. The van der Waals surface area contributed by atoms with Gasteiger partial charge in [-0.15, -0.1) is 21.9 Å². The molecule has 0 aliphatic heterocycles. The molecule has 0 aliphatic rings. The van der Waals surface area contributed by atoms with E-state index in [-0.39, 0.29) is 0 Å². The first kappa shape index (κ1) is 46.9. The van der Waals surface area contributed by atoms with Gasteiger partial charge < -0.3 is 0 Å². The zero-order chi connectivity index (χ0) is 49.6. The van der Waals surface area contributed by atoms with E-state index in [1.54, 1.807) is 29.5 Å². The first-order valence-electron chi connectivity index (χ1n) is 18.5. The van der Waals surface area contributed by atoms with E-state index in [0.29, 0.717) is 0 Å². The zero-order valence-corrected chi connectivity index (χ0v) is 32.4. The van der Waals surface area contributed by atoms with E-state index >= 15 is 35.1 Å². The van der Waals surface area contributed by atoms with Gasteiger partial charge in [0.05, 0.1) is 12.4 Å². The number of rotatable bonds is 6. The van der Waals surface area contributed by atoms with Crippen LogP contribution >= 0.6 is 0 Å². The van der Waals surface area contributed by atoms with Gasteiger partial charge in [0, 0.05) is 15.5 Å². The third-order valence-electron chi connectivity index (χ3n) is 11.0. The fourth-order valence-electron chi connectivity index (χ4n) is 8.14. The van der Waals surface area contributed by atoms with E-state index < -0.39 is 144 Å². The summed E-state index contributed by atoms with van der Waals surface area (Å²) >= 11 is 0. The SMILES string of the molecule is Fc1c(F)c(F)c([B-](c2c(F)c(F)c(F)c(F)c2F)(c2c(F)c(F)c(F)c(F)c2F)c2c(F)c(F)c(F)c(F)c2F)c(F)c1F.c1cc2ccc3ccc(O[n+]4ccncc4)c4ccc(c1)c2c34. The van der Waals surface area contributed by atoms with Crippen molar-refractivity contribution >= 4 is 60.3 Å². The van der Waals surface area contributed by atoms with Gasteiger partial charge in [0.15, 0.2) is 69.8 Å². The second-order valence-electron chi connectivity index (χ2n) is 14.4. The van der Waals surface area contributed by atoms with Gasteiger partial charge in [-0.25, -0.2) is 92.6 Å². The molecule has 0 aliphatic carbocycles. The highest BCUT2D eigenvalue weighted by Crippen LogP contribution is 2.38. The van der Waals surface area contributed by atoms with Gasteiger partial charge in [0.2, 0.25) is 18.1 Å². The zero-order valence-electron chi connectivity index (χ0n) is 32.4. The predicted molar refractivity (Wildman–Crippen MR) is 200 cm³/mol. The minimum absolute atomic E-state index is 0.840. The van der Waals surface area contributed by atoms with Gasteiger partial charge in [-0.05, 0) is 33.7 Å². The van der Waals surface area contributed by atoms with Crippen molar-refractivity contribution in [2.75, 3.05) is 0 Å². The van der Waals surface area contributed by atoms with E-state index in [2.05, 4.69) is 53.5 Å².